The van der Waals surface area contributed by atoms with Crippen LogP contribution < -0.4 is 10.7 Å². The van der Waals surface area contributed by atoms with Crippen molar-refractivity contribution in [2.45, 2.75) is 6.18 Å². The third-order valence-corrected chi connectivity index (χ3v) is 2.73. The zero-order valence-corrected chi connectivity index (χ0v) is 10.4. The Morgan fingerprint density at radius 3 is 2.84 bits per heavy atom. The fourth-order valence-electron chi connectivity index (χ4n) is 1.55. The van der Waals surface area contributed by atoms with Crippen LogP contribution in [0.3, 0.4) is 0 Å². The van der Waals surface area contributed by atoms with Crippen LogP contribution >= 0.6 is 11.6 Å². The van der Waals surface area contributed by atoms with Crippen LogP contribution in [0.15, 0.2) is 28.3 Å². The molecule has 0 amide bonds. The summed E-state index contributed by atoms with van der Waals surface area (Å²) < 4.78 is 38.3. The van der Waals surface area contributed by atoms with Crippen LogP contribution in [0, 0.1) is 0 Å². The second kappa shape index (κ2) is 5.48. The van der Waals surface area contributed by atoms with E-state index in [1.54, 1.807) is 0 Å². The molecule has 2 rings (SSSR count). The Hall–Kier alpha value is -1.76. The molecular formula is C11H10ClF3N4. The van der Waals surface area contributed by atoms with Crippen molar-refractivity contribution in [2.24, 2.45) is 10.1 Å². The Morgan fingerprint density at radius 2 is 2.21 bits per heavy atom. The molecule has 0 bridgehead atoms. The van der Waals surface area contributed by atoms with E-state index in [-0.39, 0.29) is 10.6 Å². The number of nitrogens with zero attached hydrogens (tertiary/aromatic N) is 2. The van der Waals surface area contributed by atoms with Crippen molar-refractivity contribution in [1.82, 2.24) is 10.7 Å². The van der Waals surface area contributed by atoms with E-state index in [2.05, 4.69) is 20.8 Å². The molecule has 102 valence electrons. The van der Waals surface area contributed by atoms with E-state index in [0.717, 1.165) is 12.3 Å². The third kappa shape index (κ3) is 3.37. The largest absolute Gasteiger partial charge is 0.417 e. The minimum atomic E-state index is -4.48. The van der Waals surface area contributed by atoms with Crippen LogP contribution in [0.25, 0.3) is 0 Å². The monoisotopic (exact) mass is 290 g/mol. The number of halogens is 4. The molecule has 19 heavy (non-hydrogen) atoms. The van der Waals surface area contributed by atoms with Gasteiger partial charge in [0.1, 0.15) is 0 Å². The number of hydrogen-bond acceptors (Lipinski definition) is 4. The number of aliphatic imine (C=N–C) groups is 1. The van der Waals surface area contributed by atoms with Crippen LogP contribution in [-0.4, -0.2) is 25.3 Å². The van der Waals surface area contributed by atoms with E-state index in [9.17, 15) is 13.2 Å². The van der Waals surface area contributed by atoms with Gasteiger partial charge in [0.2, 0.25) is 5.96 Å². The molecule has 0 aliphatic carbocycles. The Balaban J connectivity index is 2.21. The first-order valence-corrected chi connectivity index (χ1v) is 5.79. The number of hydrazone groups is 1. The Bertz CT molecular complexity index is 525. The van der Waals surface area contributed by atoms with Gasteiger partial charge in [-0.05, 0) is 12.1 Å². The van der Waals surface area contributed by atoms with Gasteiger partial charge in [-0.25, -0.2) is 10.4 Å². The topological polar surface area (TPSA) is 48.8 Å². The number of hydrogen-bond donors (Lipinski definition) is 2. The van der Waals surface area contributed by atoms with Crippen molar-refractivity contribution in [2.75, 3.05) is 13.1 Å². The minimum Gasteiger partial charge on any atom is -0.353 e. The lowest BCUT2D eigenvalue weighted by Crippen LogP contribution is -2.30. The van der Waals surface area contributed by atoms with E-state index in [4.69, 9.17) is 11.6 Å². The lowest BCUT2D eigenvalue weighted by Gasteiger charge is -2.11. The lowest BCUT2D eigenvalue weighted by atomic mass is 10.1. The molecule has 1 heterocycles. The Morgan fingerprint density at radius 1 is 1.42 bits per heavy atom. The van der Waals surface area contributed by atoms with Crippen LogP contribution in [0.1, 0.15) is 11.1 Å². The minimum absolute atomic E-state index is 0.0123. The molecule has 0 atom stereocenters. The molecule has 0 saturated carbocycles. The predicted molar refractivity (Wildman–Crippen MR) is 67.5 cm³/mol. The average Bonchev–Trinajstić information content (AvgIpc) is 2.82. The van der Waals surface area contributed by atoms with Gasteiger partial charge < -0.3 is 5.32 Å². The number of guanidine groups is 1. The smallest absolute Gasteiger partial charge is 0.353 e. The summed E-state index contributed by atoms with van der Waals surface area (Å²) in [5, 5.41) is 6.57. The number of benzene rings is 1. The van der Waals surface area contributed by atoms with E-state index in [0.29, 0.717) is 19.0 Å². The van der Waals surface area contributed by atoms with Gasteiger partial charge in [0, 0.05) is 12.1 Å². The molecule has 0 fully saturated rings. The number of nitrogens with one attached hydrogen (secondary N) is 2. The van der Waals surface area contributed by atoms with Gasteiger partial charge in [-0.15, -0.1) is 0 Å². The van der Waals surface area contributed by atoms with Gasteiger partial charge >= 0.3 is 6.18 Å². The van der Waals surface area contributed by atoms with E-state index in [1.807, 2.05) is 0 Å². The van der Waals surface area contributed by atoms with Crippen molar-refractivity contribution >= 4 is 23.8 Å². The van der Waals surface area contributed by atoms with E-state index < -0.39 is 11.7 Å². The second-order valence-corrected chi connectivity index (χ2v) is 4.13. The maximum atomic E-state index is 12.8. The Labute approximate surface area is 112 Å². The van der Waals surface area contributed by atoms with Gasteiger partial charge in [0.05, 0.1) is 23.3 Å². The summed E-state index contributed by atoms with van der Waals surface area (Å²) in [4.78, 5) is 3.99. The summed E-state index contributed by atoms with van der Waals surface area (Å²) in [6, 6.07) is 3.58. The van der Waals surface area contributed by atoms with Gasteiger partial charge in [0.25, 0.3) is 0 Å². The number of alkyl halides is 3. The number of rotatable bonds is 2. The average molecular weight is 291 g/mol. The van der Waals surface area contributed by atoms with Crippen LogP contribution in [0.5, 0.6) is 0 Å². The maximum Gasteiger partial charge on any atom is 0.417 e. The molecule has 0 spiro atoms. The van der Waals surface area contributed by atoms with Gasteiger partial charge in [-0.1, -0.05) is 17.7 Å². The molecule has 1 aliphatic rings. The third-order valence-electron chi connectivity index (χ3n) is 2.40. The van der Waals surface area contributed by atoms with E-state index >= 15 is 0 Å². The normalized spacial score (nSPS) is 15.5. The highest BCUT2D eigenvalue weighted by molar-refractivity contribution is 6.33. The zero-order chi connectivity index (χ0) is 13.9. The standard InChI is InChI=1S/C11H10ClF3N4/c12-9-3-1-2-8(11(13,14)15)7(9)6-18-19-10-16-4-5-17-10/h1-3,6H,4-5H2,(H2,16,17,19)/b18-6+. The van der Waals surface area contributed by atoms with Gasteiger partial charge in [0.15, 0.2) is 0 Å². The summed E-state index contributed by atoms with van der Waals surface area (Å²) in [7, 11) is 0. The van der Waals surface area contributed by atoms with Crippen LogP contribution in [-0.2, 0) is 6.18 Å². The molecule has 0 unspecified atom stereocenters. The van der Waals surface area contributed by atoms with Crippen molar-refractivity contribution in [3.63, 3.8) is 0 Å². The zero-order valence-electron chi connectivity index (χ0n) is 9.63. The van der Waals surface area contributed by atoms with Crippen LogP contribution in [0.2, 0.25) is 5.02 Å². The lowest BCUT2D eigenvalue weighted by molar-refractivity contribution is -0.137. The van der Waals surface area contributed by atoms with Crippen molar-refractivity contribution < 1.29 is 13.2 Å². The molecule has 0 aromatic heterocycles. The molecule has 1 aliphatic heterocycles. The summed E-state index contributed by atoms with van der Waals surface area (Å²) in [6.07, 6.45) is -3.44. The molecule has 2 N–H and O–H groups in total. The highest BCUT2D eigenvalue weighted by Crippen LogP contribution is 2.33. The first-order valence-electron chi connectivity index (χ1n) is 5.41. The first kappa shape index (κ1) is 13.7. The molecule has 8 heteroatoms. The van der Waals surface area contributed by atoms with Crippen molar-refractivity contribution in [3.05, 3.63) is 34.3 Å². The highest BCUT2D eigenvalue weighted by atomic mass is 35.5. The summed E-state index contributed by atoms with van der Waals surface area (Å²) >= 11 is 5.77. The molecule has 4 nitrogen and oxygen atoms in total. The van der Waals surface area contributed by atoms with Gasteiger partial charge in [-0.2, -0.15) is 18.3 Å². The van der Waals surface area contributed by atoms with Crippen LogP contribution in [0.4, 0.5) is 13.2 Å². The molecule has 0 radical (unpaired) electrons. The first-order chi connectivity index (χ1) is 8.98. The quantitative estimate of drug-likeness (QED) is 0.648. The summed E-state index contributed by atoms with van der Waals surface area (Å²) in [5.74, 6) is 0.428. The summed E-state index contributed by atoms with van der Waals surface area (Å²) in [6.45, 7) is 1.29. The fraction of sp³-hybridized carbons (Fsp3) is 0.273. The second-order valence-electron chi connectivity index (χ2n) is 3.73. The fourth-order valence-corrected chi connectivity index (χ4v) is 1.77. The van der Waals surface area contributed by atoms with Gasteiger partial charge in [-0.3, -0.25) is 0 Å². The Kier molecular flexibility index (Phi) is 3.94. The van der Waals surface area contributed by atoms with Crippen molar-refractivity contribution in [1.29, 1.82) is 0 Å². The van der Waals surface area contributed by atoms with Crippen molar-refractivity contribution in [3.8, 4) is 0 Å². The molecule has 0 saturated heterocycles. The maximum absolute atomic E-state index is 12.8. The van der Waals surface area contributed by atoms with E-state index in [1.165, 1.54) is 12.1 Å². The predicted octanol–water partition coefficient (Wildman–Crippen LogP) is 2.24. The molecular weight excluding hydrogens is 281 g/mol. The molecule has 1 aromatic carbocycles. The summed E-state index contributed by atoms with van der Waals surface area (Å²) in [5.41, 5.74) is 1.51. The SMILES string of the molecule is FC(F)(F)c1cccc(Cl)c1/C=N/NC1=NCCN1. The molecule has 1 aromatic rings. The highest BCUT2D eigenvalue weighted by Gasteiger charge is 2.33.